The molecule has 0 aliphatic carbocycles. The van der Waals surface area contributed by atoms with Crippen LogP contribution in [0, 0.1) is 6.92 Å². The Morgan fingerprint density at radius 2 is 2.14 bits per heavy atom. The molecule has 0 saturated heterocycles. The van der Waals surface area contributed by atoms with E-state index in [0.29, 0.717) is 22.1 Å². The van der Waals surface area contributed by atoms with Crippen molar-refractivity contribution >= 4 is 36.7 Å². The zero-order valence-corrected chi connectivity index (χ0v) is 13.8. The van der Waals surface area contributed by atoms with Crippen molar-refractivity contribution < 1.29 is 13.2 Å². The Morgan fingerprint density at radius 1 is 1.36 bits per heavy atom. The number of methoxy groups -OCH3 is 1. The minimum atomic E-state index is -3.70. The summed E-state index contributed by atoms with van der Waals surface area (Å²) in [5, 5.41) is 4.36. The number of fused-ring (bicyclic) bond motifs is 1. The molecule has 1 N–H and O–H groups in total. The number of thiazole rings is 1. The zero-order valence-electron chi connectivity index (χ0n) is 12.2. The Labute approximate surface area is 131 Å². The number of hydrogen-bond donors (Lipinski definition) is 1. The van der Waals surface area contributed by atoms with Crippen molar-refractivity contribution in [3.8, 4) is 5.75 Å². The second-order valence-corrected chi connectivity index (χ2v) is 7.39. The van der Waals surface area contributed by atoms with E-state index < -0.39 is 10.0 Å². The molecule has 2 aromatic heterocycles. The average molecular weight is 338 g/mol. The van der Waals surface area contributed by atoms with Gasteiger partial charge in [0.2, 0.25) is 0 Å². The average Bonchev–Trinajstić information content (AvgIpc) is 2.99. The van der Waals surface area contributed by atoms with Crippen molar-refractivity contribution in [2.45, 2.75) is 11.8 Å². The predicted molar refractivity (Wildman–Crippen MR) is 84.9 cm³/mol. The minimum absolute atomic E-state index is 0.145. The lowest BCUT2D eigenvalue weighted by Gasteiger charge is -2.02. The van der Waals surface area contributed by atoms with Crippen molar-refractivity contribution in [2.24, 2.45) is 7.05 Å². The Morgan fingerprint density at radius 3 is 2.77 bits per heavy atom. The first-order chi connectivity index (χ1) is 10.4. The van der Waals surface area contributed by atoms with E-state index >= 15 is 0 Å². The van der Waals surface area contributed by atoms with Gasteiger partial charge in [0.25, 0.3) is 10.0 Å². The van der Waals surface area contributed by atoms with E-state index in [2.05, 4.69) is 14.8 Å². The number of ether oxygens (including phenoxy) is 1. The lowest BCUT2D eigenvalue weighted by molar-refractivity contribution is 0.415. The molecule has 9 heteroatoms. The molecule has 0 fully saturated rings. The second kappa shape index (κ2) is 5.25. The SMILES string of the molecule is COc1ccc2nc(NS(=O)(=O)c3cn(C)nc3C)sc2c1. The molecule has 0 saturated carbocycles. The molecule has 7 nitrogen and oxygen atoms in total. The van der Waals surface area contributed by atoms with E-state index in [1.165, 1.54) is 22.2 Å². The maximum Gasteiger partial charge on any atom is 0.267 e. The number of aromatic nitrogens is 3. The maximum atomic E-state index is 12.4. The molecule has 22 heavy (non-hydrogen) atoms. The summed E-state index contributed by atoms with van der Waals surface area (Å²) < 4.78 is 34.8. The topological polar surface area (TPSA) is 86.1 Å². The third kappa shape index (κ3) is 2.64. The molecule has 116 valence electrons. The van der Waals surface area contributed by atoms with Gasteiger partial charge in [-0.15, -0.1) is 0 Å². The second-order valence-electron chi connectivity index (χ2n) is 4.71. The largest absolute Gasteiger partial charge is 0.497 e. The normalized spacial score (nSPS) is 11.8. The standard InChI is InChI=1S/C13H14N4O3S2/c1-8-12(7-17(2)15-8)22(18,19)16-13-14-10-5-4-9(20-3)6-11(10)21-13/h4-7H,1-3H3,(H,14,16). The van der Waals surface area contributed by atoms with E-state index in [-0.39, 0.29) is 4.90 Å². The van der Waals surface area contributed by atoms with Gasteiger partial charge < -0.3 is 4.74 Å². The molecular weight excluding hydrogens is 324 g/mol. The summed E-state index contributed by atoms with van der Waals surface area (Å²) in [6.07, 6.45) is 1.47. The Bertz CT molecular complexity index is 944. The van der Waals surface area contributed by atoms with Crippen LogP contribution in [0.4, 0.5) is 5.13 Å². The van der Waals surface area contributed by atoms with Gasteiger partial charge in [-0.25, -0.2) is 13.4 Å². The molecule has 3 aromatic rings. The number of nitrogens with zero attached hydrogens (tertiary/aromatic N) is 3. The number of benzene rings is 1. The number of aryl methyl sites for hydroxylation is 2. The fourth-order valence-electron chi connectivity index (χ4n) is 2.09. The molecule has 3 rings (SSSR count). The van der Waals surface area contributed by atoms with Crippen molar-refractivity contribution in [3.63, 3.8) is 0 Å². The predicted octanol–water partition coefficient (Wildman–Crippen LogP) is 2.15. The van der Waals surface area contributed by atoms with Crippen LogP contribution in [0.5, 0.6) is 5.75 Å². The van der Waals surface area contributed by atoms with Crippen LogP contribution in [0.15, 0.2) is 29.3 Å². The summed E-state index contributed by atoms with van der Waals surface area (Å²) in [6.45, 7) is 1.65. The Balaban J connectivity index is 1.97. The van der Waals surface area contributed by atoms with Gasteiger partial charge in [-0.3, -0.25) is 9.40 Å². The van der Waals surface area contributed by atoms with E-state index in [9.17, 15) is 8.42 Å². The monoisotopic (exact) mass is 338 g/mol. The van der Waals surface area contributed by atoms with E-state index in [1.807, 2.05) is 6.07 Å². The number of rotatable bonds is 4. The first-order valence-corrected chi connectivity index (χ1v) is 8.66. The van der Waals surface area contributed by atoms with Crippen LogP contribution < -0.4 is 9.46 Å². The minimum Gasteiger partial charge on any atom is -0.497 e. The summed E-state index contributed by atoms with van der Waals surface area (Å²) in [5.74, 6) is 0.702. The van der Waals surface area contributed by atoms with Gasteiger partial charge in [0.05, 0.1) is 23.0 Å². The number of anilines is 1. The lowest BCUT2D eigenvalue weighted by atomic mass is 10.3. The van der Waals surface area contributed by atoms with Gasteiger partial charge in [0.1, 0.15) is 10.6 Å². The zero-order chi connectivity index (χ0) is 15.9. The quantitative estimate of drug-likeness (QED) is 0.788. The van der Waals surface area contributed by atoms with Crippen molar-refractivity contribution in [1.82, 2.24) is 14.8 Å². The first-order valence-electron chi connectivity index (χ1n) is 6.37. The summed E-state index contributed by atoms with van der Waals surface area (Å²) in [6, 6.07) is 5.39. The molecule has 1 aromatic carbocycles. The highest BCUT2D eigenvalue weighted by atomic mass is 32.2. The molecule has 0 amide bonds. The molecule has 0 atom stereocenters. The van der Waals surface area contributed by atoms with E-state index in [4.69, 9.17) is 4.74 Å². The maximum absolute atomic E-state index is 12.4. The molecule has 0 unspecified atom stereocenters. The highest BCUT2D eigenvalue weighted by Gasteiger charge is 2.21. The smallest absolute Gasteiger partial charge is 0.267 e. The van der Waals surface area contributed by atoms with Gasteiger partial charge in [0, 0.05) is 13.2 Å². The number of sulfonamides is 1. The highest BCUT2D eigenvalue weighted by Crippen LogP contribution is 2.30. The fraction of sp³-hybridized carbons (Fsp3) is 0.231. The molecule has 2 heterocycles. The summed E-state index contributed by atoms with van der Waals surface area (Å²) >= 11 is 1.25. The van der Waals surface area contributed by atoms with Gasteiger partial charge in [-0.05, 0) is 25.1 Å². The molecule has 0 spiro atoms. The third-order valence-electron chi connectivity index (χ3n) is 3.08. The highest BCUT2D eigenvalue weighted by molar-refractivity contribution is 7.93. The first kappa shape index (κ1) is 14.8. The van der Waals surface area contributed by atoms with Crippen LogP contribution >= 0.6 is 11.3 Å². The van der Waals surface area contributed by atoms with Crippen molar-refractivity contribution in [3.05, 3.63) is 30.1 Å². The van der Waals surface area contributed by atoms with Gasteiger partial charge >= 0.3 is 0 Å². The molecule has 0 aliphatic rings. The van der Waals surface area contributed by atoms with Gasteiger partial charge in [-0.1, -0.05) is 11.3 Å². The van der Waals surface area contributed by atoms with Crippen molar-refractivity contribution in [2.75, 3.05) is 11.8 Å². The van der Waals surface area contributed by atoms with Crippen LogP contribution in [-0.4, -0.2) is 30.3 Å². The molecule has 0 radical (unpaired) electrons. The van der Waals surface area contributed by atoms with Crippen LogP contribution in [-0.2, 0) is 17.1 Å². The third-order valence-corrected chi connectivity index (χ3v) is 5.58. The summed E-state index contributed by atoms with van der Waals surface area (Å²) in [7, 11) is -0.446. The number of nitrogens with one attached hydrogen (secondary N) is 1. The Hall–Kier alpha value is -2.13. The molecular formula is C13H14N4O3S2. The van der Waals surface area contributed by atoms with E-state index in [1.54, 1.807) is 33.2 Å². The lowest BCUT2D eigenvalue weighted by Crippen LogP contribution is -2.13. The molecule has 0 bridgehead atoms. The van der Waals surface area contributed by atoms with Crippen LogP contribution in [0.25, 0.3) is 10.2 Å². The van der Waals surface area contributed by atoms with Crippen molar-refractivity contribution in [1.29, 1.82) is 0 Å². The van der Waals surface area contributed by atoms with Crippen LogP contribution in [0.2, 0.25) is 0 Å². The van der Waals surface area contributed by atoms with Gasteiger partial charge in [0.15, 0.2) is 5.13 Å². The van der Waals surface area contributed by atoms with Gasteiger partial charge in [-0.2, -0.15) is 5.10 Å². The number of hydrogen-bond acceptors (Lipinski definition) is 6. The Kier molecular flexibility index (Phi) is 3.53. The van der Waals surface area contributed by atoms with Crippen LogP contribution in [0.3, 0.4) is 0 Å². The van der Waals surface area contributed by atoms with Crippen LogP contribution in [0.1, 0.15) is 5.69 Å². The summed E-state index contributed by atoms with van der Waals surface area (Å²) in [5.41, 5.74) is 1.16. The fourth-order valence-corrected chi connectivity index (χ4v) is 4.44. The summed E-state index contributed by atoms with van der Waals surface area (Å²) in [4.78, 5) is 4.43. The molecule has 0 aliphatic heterocycles. The van der Waals surface area contributed by atoms with E-state index in [0.717, 1.165) is 4.70 Å².